The van der Waals surface area contributed by atoms with Crippen molar-refractivity contribution in [2.24, 2.45) is 0 Å². The maximum atomic E-state index is 12.2. The van der Waals surface area contributed by atoms with E-state index in [-0.39, 0.29) is 11.3 Å². The average Bonchev–Trinajstić information content (AvgIpc) is 2.69. The number of ether oxygens (including phenoxy) is 4. The first-order valence-corrected chi connectivity index (χ1v) is 7.86. The first-order chi connectivity index (χ1) is 12.6. The van der Waals surface area contributed by atoms with Crippen molar-refractivity contribution in [3.8, 4) is 17.2 Å². The van der Waals surface area contributed by atoms with Gasteiger partial charge in [-0.3, -0.25) is 4.79 Å². The van der Waals surface area contributed by atoms with E-state index in [0.717, 1.165) is 5.56 Å². The van der Waals surface area contributed by atoms with Gasteiger partial charge in [0.2, 0.25) is 0 Å². The molecule has 0 bridgehead atoms. The highest BCUT2D eigenvalue weighted by Crippen LogP contribution is 2.31. The molecule has 0 unspecified atom stereocenters. The molecule has 0 aliphatic heterocycles. The maximum Gasteiger partial charge on any atom is 0.342 e. The van der Waals surface area contributed by atoms with Gasteiger partial charge in [0.05, 0.1) is 21.3 Å². The summed E-state index contributed by atoms with van der Waals surface area (Å²) in [5.41, 5.74) is 1.06. The van der Waals surface area contributed by atoms with Crippen LogP contribution in [0.15, 0.2) is 42.5 Å². The lowest BCUT2D eigenvalue weighted by Crippen LogP contribution is -2.28. The van der Waals surface area contributed by atoms with Gasteiger partial charge in [0, 0.05) is 6.54 Å². The number of carbonyl (C=O) groups is 2. The molecule has 0 atom stereocenters. The molecule has 0 aliphatic rings. The standard InChI is InChI=1S/C19H21NO6/c1-23-14-7-4-6-13(10-14)11-20-17(21)12-26-19(22)15-8-5-9-16(24-2)18(15)25-3/h4-10H,11-12H2,1-3H3,(H,20,21). The van der Waals surface area contributed by atoms with Crippen LogP contribution in [0.25, 0.3) is 0 Å². The van der Waals surface area contributed by atoms with E-state index >= 15 is 0 Å². The van der Waals surface area contributed by atoms with E-state index in [1.165, 1.54) is 20.3 Å². The second-order valence-electron chi connectivity index (χ2n) is 5.25. The SMILES string of the molecule is COc1cccc(CNC(=O)COC(=O)c2cccc(OC)c2OC)c1. The lowest BCUT2D eigenvalue weighted by atomic mass is 10.2. The van der Waals surface area contributed by atoms with Gasteiger partial charge in [-0.25, -0.2) is 4.79 Å². The van der Waals surface area contributed by atoms with Gasteiger partial charge in [-0.2, -0.15) is 0 Å². The molecule has 2 aromatic rings. The van der Waals surface area contributed by atoms with Crippen LogP contribution in [0.2, 0.25) is 0 Å². The number of hydrogen-bond donors (Lipinski definition) is 1. The second kappa shape index (κ2) is 9.31. The number of carbonyl (C=O) groups excluding carboxylic acids is 2. The van der Waals surface area contributed by atoms with Crippen LogP contribution in [-0.2, 0) is 16.1 Å². The summed E-state index contributed by atoms with van der Waals surface area (Å²) >= 11 is 0. The molecule has 0 saturated heterocycles. The molecular weight excluding hydrogens is 338 g/mol. The molecule has 7 nitrogen and oxygen atoms in total. The van der Waals surface area contributed by atoms with Crippen LogP contribution >= 0.6 is 0 Å². The molecular formula is C19H21NO6. The molecule has 0 saturated carbocycles. The maximum absolute atomic E-state index is 12.2. The molecule has 7 heteroatoms. The Morgan fingerprint density at radius 3 is 2.42 bits per heavy atom. The van der Waals surface area contributed by atoms with Crippen molar-refractivity contribution >= 4 is 11.9 Å². The molecule has 0 aromatic heterocycles. The molecule has 0 fully saturated rings. The zero-order chi connectivity index (χ0) is 18.9. The van der Waals surface area contributed by atoms with Crippen molar-refractivity contribution in [1.29, 1.82) is 0 Å². The number of amides is 1. The van der Waals surface area contributed by atoms with Gasteiger partial charge < -0.3 is 24.3 Å². The molecule has 26 heavy (non-hydrogen) atoms. The van der Waals surface area contributed by atoms with Crippen molar-refractivity contribution in [3.63, 3.8) is 0 Å². The van der Waals surface area contributed by atoms with E-state index in [9.17, 15) is 9.59 Å². The minimum atomic E-state index is -0.669. The molecule has 2 rings (SSSR count). The minimum absolute atomic E-state index is 0.187. The third kappa shape index (κ3) is 4.89. The van der Waals surface area contributed by atoms with E-state index < -0.39 is 18.5 Å². The smallest absolute Gasteiger partial charge is 0.342 e. The Labute approximate surface area is 151 Å². The van der Waals surface area contributed by atoms with Crippen molar-refractivity contribution in [2.45, 2.75) is 6.54 Å². The monoisotopic (exact) mass is 359 g/mol. The number of para-hydroxylation sites is 1. The lowest BCUT2D eigenvalue weighted by molar-refractivity contribution is -0.124. The van der Waals surface area contributed by atoms with E-state index in [2.05, 4.69) is 5.32 Å². The predicted octanol–water partition coefficient (Wildman–Crippen LogP) is 2.19. The highest BCUT2D eigenvalue weighted by molar-refractivity contribution is 5.94. The Kier molecular flexibility index (Phi) is 6.84. The van der Waals surface area contributed by atoms with Crippen LogP contribution in [0, 0.1) is 0 Å². The molecule has 1 N–H and O–H groups in total. The number of rotatable bonds is 8. The van der Waals surface area contributed by atoms with Crippen LogP contribution in [0.4, 0.5) is 0 Å². The Bertz CT molecular complexity index is 774. The summed E-state index contributed by atoms with van der Waals surface area (Å²) in [5.74, 6) is 0.287. The van der Waals surface area contributed by atoms with Crippen LogP contribution in [0.5, 0.6) is 17.2 Å². The van der Waals surface area contributed by atoms with Gasteiger partial charge in [-0.15, -0.1) is 0 Å². The molecule has 138 valence electrons. The summed E-state index contributed by atoms with van der Waals surface area (Å²) in [6.45, 7) is -0.0980. The van der Waals surface area contributed by atoms with Gasteiger partial charge >= 0.3 is 5.97 Å². The quantitative estimate of drug-likeness (QED) is 0.728. The third-order valence-electron chi connectivity index (χ3n) is 3.58. The van der Waals surface area contributed by atoms with Crippen LogP contribution in [0.1, 0.15) is 15.9 Å². The summed E-state index contributed by atoms with van der Waals surface area (Å²) in [6, 6.07) is 12.2. The molecule has 0 radical (unpaired) electrons. The van der Waals surface area contributed by atoms with Gasteiger partial charge in [0.25, 0.3) is 5.91 Å². The first kappa shape index (κ1) is 19.1. The minimum Gasteiger partial charge on any atom is -0.497 e. The van der Waals surface area contributed by atoms with E-state index in [1.54, 1.807) is 19.2 Å². The zero-order valence-electron chi connectivity index (χ0n) is 14.9. The Morgan fingerprint density at radius 2 is 1.73 bits per heavy atom. The summed E-state index contributed by atoms with van der Waals surface area (Å²) in [7, 11) is 4.47. The fourth-order valence-corrected chi connectivity index (χ4v) is 2.29. The molecule has 0 spiro atoms. The van der Waals surface area contributed by atoms with Crippen LogP contribution in [-0.4, -0.2) is 39.8 Å². The second-order valence-corrected chi connectivity index (χ2v) is 5.25. The number of methoxy groups -OCH3 is 3. The van der Waals surface area contributed by atoms with Gasteiger partial charge in [-0.05, 0) is 29.8 Å². The summed E-state index contributed by atoms with van der Waals surface area (Å²) < 4.78 is 20.5. The number of esters is 1. The number of nitrogens with one attached hydrogen (secondary N) is 1. The molecule has 2 aromatic carbocycles. The normalized spacial score (nSPS) is 9.96. The van der Waals surface area contributed by atoms with E-state index in [0.29, 0.717) is 18.0 Å². The zero-order valence-corrected chi connectivity index (χ0v) is 14.9. The largest absolute Gasteiger partial charge is 0.497 e. The van der Waals surface area contributed by atoms with Crippen molar-refractivity contribution in [2.75, 3.05) is 27.9 Å². The fraction of sp³-hybridized carbons (Fsp3) is 0.263. The van der Waals surface area contributed by atoms with Gasteiger partial charge in [0.15, 0.2) is 18.1 Å². The first-order valence-electron chi connectivity index (χ1n) is 7.86. The van der Waals surface area contributed by atoms with E-state index in [1.807, 2.05) is 24.3 Å². The highest BCUT2D eigenvalue weighted by Gasteiger charge is 2.18. The third-order valence-corrected chi connectivity index (χ3v) is 3.58. The van der Waals surface area contributed by atoms with Gasteiger partial charge in [0.1, 0.15) is 11.3 Å². The van der Waals surface area contributed by atoms with Crippen LogP contribution < -0.4 is 19.5 Å². The number of benzene rings is 2. The Balaban J connectivity index is 1.90. The predicted molar refractivity (Wildman–Crippen MR) is 94.7 cm³/mol. The molecule has 0 heterocycles. The summed E-state index contributed by atoms with van der Waals surface area (Å²) in [6.07, 6.45) is 0. The molecule has 1 amide bonds. The molecule has 0 aliphatic carbocycles. The van der Waals surface area contributed by atoms with Crippen LogP contribution in [0.3, 0.4) is 0 Å². The highest BCUT2D eigenvalue weighted by atomic mass is 16.5. The topological polar surface area (TPSA) is 83.1 Å². The summed E-state index contributed by atoms with van der Waals surface area (Å²) in [4.78, 5) is 24.1. The van der Waals surface area contributed by atoms with E-state index in [4.69, 9.17) is 18.9 Å². The van der Waals surface area contributed by atoms with Crippen molar-refractivity contribution < 1.29 is 28.5 Å². The van der Waals surface area contributed by atoms with Gasteiger partial charge in [-0.1, -0.05) is 18.2 Å². The summed E-state index contributed by atoms with van der Waals surface area (Å²) in [5, 5.41) is 2.68. The average molecular weight is 359 g/mol. The van der Waals surface area contributed by atoms with Crippen molar-refractivity contribution in [3.05, 3.63) is 53.6 Å². The Hall–Kier alpha value is -3.22. The fourth-order valence-electron chi connectivity index (χ4n) is 2.29. The Morgan fingerprint density at radius 1 is 0.962 bits per heavy atom. The lowest BCUT2D eigenvalue weighted by Gasteiger charge is -2.12. The number of hydrogen-bond acceptors (Lipinski definition) is 6. The van der Waals surface area contributed by atoms with Crippen molar-refractivity contribution in [1.82, 2.24) is 5.32 Å².